The molecule has 0 N–H and O–H groups in total. The number of nitrogens with zero attached hydrogens (tertiary/aromatic N) is 1. The van der Waals surface area contributed by atoms with Crippen LogP contribution in [0.3, 0.4) is 0 Å². The van der Waals surface area contributed by atoms with Gasteiger partial charge in [-0.2, -0.15) is 0 Å². The number of carbonyl (C=O) groups is 1. The van der Waals surface area contributed by atoms with Crippen molar-refractivity contribution in [1.82, 2.24) is 4.90 Å². The summed E-state index contributed by atoms with van der Waals surface area (Å²) in [6.45, 7) is 1.26. The second kappa shape index (κ2) is 7.23. The van der Waals surface area contributed by atoms with E-state index >= 15 is 0 Å². The predicted molar refractivity (Wildman–Crippen MR) is 119 cm³/mol. The Morgan fingerprint density at radius 2 is 1.40 bits per heavy atom. The van der Waals surface area contributed by atoms with Crippen LogP contribution < -0.4 is 0 Å². The van der Waals surface area contributed by atoms with Crippen LogP contribution in [0, 0.1) is 11.3 Å². The summed E-state index contributed by atoms with van der Waals surface area (Å²) in [6.07, 6.45) is 6.44. The molecule has 2 aromatic carbocycles. The lowest BCUT2D eigenvalue weighted by Crippen LogP contribution is -2.62. The fraction of sp³-hybridized carbons (Fsp3) is 0.519. The molecule has 4 aliphatic carbocycles. The number of rotatable bonds is 6. The monoisotopic (exact) mass is 403 g/mol. The zero-order chi connectivity index (χ0) is 20.8. The van der Waals surface area contributed by atoms with Gasteiger partial charge in [-0.3, -0.25) is 4.79 Å². The lowest BCUT2D eigenvalue weighted by atomic mass is 9.37. The van der Waals surface area contributed by atoms with Crippen LogP contribution >= 0.6 is 0 Å². The van der Waals surface area contributed by atoms with Crippen molar-refractivity contribution in [3.05, 3.63) is 71.8 Å². The molecule has 2 aromatic rings. The van der Waals surface area contributed by atoms with E-state index in [0.717, 1.165) is 32.2 Å². The van der Waals surface area contributed by atoms with Crippen LogP contribution in [-0.2, 0) is 20.4 Å². The van der Waals surface area contributed by atoms with Crippen molar-refractivity contribution in [3.8, 4) is 0 Å². The number of benzene rings is 2. The maximum absolute atomic E-state index is 13.6. The molecule has 0 amide bonds. The number of carbonyl (C=O) groups excluding carboxylic acids is 1. The molecule has 6 rings (SSSR count). The molecule has 0 aromatic heterocycles. The third-order valence-corrected chi connectivity index (χ3v) is 8.05. The number of ether oxygens (including phenoxy) is 1. The Labute approximate surface area is 180 Å². The minimum Gasteiger partial charge on any atom is -0.464 e. The van der Waals surface area contributed by atoms with Gasteiger partial charge in [0.1, 0.15) is 6.61 Å². The largest absolute Gasteiger partial charge is 0.464 e. The first-order valence-corrected chi connectivity index (χ1v) is 11.4. The molecular formula is C27H33NO2. The van der Waals surface area contributed by atoms with E-state index in [1.54, 1.807) is 0 Å². The van der Waals surface area contributed by atoms with Crippen molar-refractivity contribution in [2.75, 3.05) is 27.2 Å². The van der Waals surface area contributed by atoms with Gasteiger partial charge >= 0.3 is 5.97 Å². The van der Waals surface area contributed by atoms with Gasteiger partial charge in [0.15, 0.2) is 0 Å². The van der Waals surface area contributed by atoms with Crippen LogP contribution in [0.25, 0.3) is 0 Å². The highest BCUT2D eigenvalue weighted by Gasteiger charge is 2.66. The van der Waals surface area contributed by atoms with Crippen LogP contribution in [0.2, 0.25) is 0 Å². The first-order valence-electron chi connectivity index (χ1n) is 11.4. The van der Waals surface area contributed by atoms with E-state index in [9.17, 15) is 4.79 Å². The van der Waals surface area contributed by atoms with Crippen molar-refractivity contribution >= 4 is 5.97 Å². The molecule has 3 nitrogen and oxygen atoms in total. The Hall–Kier alpha value is -2.13. The zero-order valence-electron chi connectivity index (χ0n) is 18.3. The topological polar surface area (TPSA) is 29.5 Å². The molecule has 0 unspecified atom stereocenters. The Morgan fingerprint density at radius 3 is 1.90 bits per heavy atom. The Balaban J connectivity index is 1.55. The van der Waals surface area contributed by atoms with E-state index in [1.165, 1.54) is 24.0 Å². The minimum atomic E-state index is -0.350. The molecule has 2 atom stereocenters. The molecular weight excluding hydrogens is 370 g/mol. The van der Waals surface area contributed by atoms with Crippen molar-refractivity contribution < 1.29 is 9.53 Å². The van der Waals surface area contributed by atoms with Crippen LogP contribution in [0.15, 0.2) is 60.7 Å². The Morgan fingerprint density at radius 1 is 0.867 bits per heavy atom. The third kappa shape index (κ3) is 3.19. The van der Waals surface area contributed by atoms with Crippen molar-refractivity contribution in [2.45, 2.75) is 49.4 Å². The molecule has 0 heterocycles. The fourth-order valence-corrected chi connectivity index (χ4v) is 7.37. The molecule has 0 saturated heterocycles. The standard InChI is InChI=1S/C27H33NO2/c1-28(2)13-14-30-24(29)27-17-21-15-25(19-27,22-9-5-3-6-10-22)18-26(16-21,20-27)23-11-7-4-8-12-23/h3-12,21H,13-20H2,1-2H3/t21?,25-,26-,27?/m1/s1. The lowest BCUT2D eigenvalue weighted by molar-refractivity contribution is -0.177. The van der Waals surface area contributed by atoms with Crippen LogP contribution in [0.1, 0.15) is 49.7 Å². The summed E-state index contributed by atoms with van der Waals surface area (Å²) < 4.78 is 5.92. The van der Waals surface area contributed by atoms with Crippen molar-refractivity contribution in [2.24, 2.45) is 11.3 Å². The van der Waals surface area contributed by atoms with E-state index in [0.29, 0.717) is 12.5 Å². The molecule has 4 bridgehead atoms. The van der Waals surface area contributed by atoms with E-state index in [1.807, 2.05) is 14.1 Å². The molecule has 4 fully saturated rings. The smallest absolute Gasteiger partial charge is 0.312 e. The van der Waals surface area contributed by atoms with Crippen molar-refractivity contribution in [3.63, 3.8) is 0 Å². The third-order valence-electron chi connectivity index (χ3n) is 8.05. The average molecular weight is 404 g/mol. The van der Waals surface area contributed by atoms with E-state index in [-0.39, 0.29) is 22.2 Å². The summed E-state index contributed by atoms with van der Waals surface area (Å²) in [5, 5.41) is 0. The maximum Gasteiger partial charge on any atom is 0.312 e. The van der Waals surface area contributed by atoms with Gasteiger partial charge in [0.25, 0.3) is 0 Å². The highest BCUT2D eigenvalue weighted by Crippen LogP contribution is 2.70. The van der Waals surface area contributed by atoms with Gasteiger partial charge in [0, 0.05) is 6.54 Å². The lowest BCUT2D eigenvalue weighted by Gasteiger charge is -2.66. The Kier molecular flexibility index (Phi) is 4.77. The Bertz CT molecular complexity index is 851. The second-order valence-electron chi connectivity index (χ2n) is 10.5. The van der Waals surface area contributed by atoms with Crippen LogP contribution in [-0.4, -0.2) is 38.1 Å². The number of esters is 1. The number of hydrogen-bond acceptors (Lipinski definition) is 3. The summed E-state index contributed by atoms with van der Waals surface area (Å²) in [5.74, 6) is 0.636. The molecule has 158 valence electrons. The molecule has 3 heteroatoms. The van der Waals surface area contributed by atoms with Gasteiger partial charge in [-0.05, 0) is 80.5 Å². The van der Waals surface area contributed by atoms with Gasteiger partial charge in [-0.1, -0.05) is 60.7 Å². The summed E-state index contributed by atoms with van der Waals surface area (Å²) in [7, 11) is 4.04. The number of likely N-dealkylation sites (N-methyl/N-ethyl adjacent to an activating group) is 1. The zero-order valence-corrected chi connectivity index (χ0v) is 18.3. The van der Waals surface area contributed by atoms with Crippen molar-refractivity contribution in [1.29, 1.82) is 0 Å². The van der Waals surface area contributed by atoms with Gasteiger partial charge in [-0.15, -0.1) is 0 Å². The van der Waals surface area contributed by atoms with E-state index < -0.39 is 0 Å². The SMILES string of the molecule is CN(C)CCOC(=O)C12CC3C[C@](c4ccccc4)(C1)C[C@](c1ccccc1)(C3)C2. The normalized spacial score (nSPS) is 34.3. The summed E-state index contributed by atoms with van der Waals surface area (Å²) >= 11 is 0. The van der Waals surface area contributed by atoms with Crippen LogP contribution in [0.5, 0.6) is 0 Å². The van der Waals surface area contributed by atoms with E-state index in [2.05, 4.69) is 65.6 Å². The molecule has 4 saturated carbocycles. The van der Waals surface area contributed by atoms with Crippen LogP contribution in [0.4, 0.5) is 0 Å². The molecule has 0 radical (unpaired) electrons. The minimum absolute atomic E-state index is 0.0501. The summed E-state index contributed by atoms with van der Waals surface area (Å²) in [4.78, 5) is 15.7. The van der Waals surface area contributed by atoms with Gasteiger partial charge < -0.3 is 9.64 Å². The quantitative estimate of drug-likeness (QED) is 0.639. The predicted octanol–water partition coefficient (Wildman–Crippen LogP) is 4.95. The molecule has 0 spiro atoms. The maximum atomic E-state index is 13.6. The highest BCUT2D eigenvalue weighted by molar-refractivity contribution is 5.78. The summed E-state index contributed by atoms with van der Waals surface area (Å²) in [5.41, 5.74) is 2.64. The highest BCUT2D eigenvalue weighted by atomic mass is 16.5. The first kappa shape index (κ1) is 19.8. The summed E-state index contributed by atoms with van der Waals surface area (Å²) in [6, 6.07) is 22.0. The van der Waals surface area contributed by atoms with Gasteiger partial charge in [0.2, 0.25) is 0 Å². The van der Waals surface area contributed by atoms with E-state index in [4.69, 9.17) is 4.74 Å². The average Bonchev–Trinajstić information content (AvgIpc) is 2.74. The molecule has 4 aliphatic rings. The van der Waals surface area contributed by atoms with Gasteiger partial charge in [-0.25, -0.2) is 0 Å². The molecule has 30 heavy (non-hydrogen) atoms. The fourth-order valence-electron chi connectivity index (χ4n) is 7.37. The van der Waals surface area contributed by atoms with Gasteiger partial charge in [0.05, 0.1) is 5.41 Å². The second-order valence-corrected chi connectivity index (χ2v) is 10.5. The first-order chi connectivity index (χ1) is 14.5. The number of hydrogen-bond donors (Lipinski definition) is 0. The molecule has 0 aliphatic heterocycles.